The molecule has 3 saturated heterocycles. The van der Waals surface area contributed by atoms with Crippen LogP contribution in [0.15, 0.2) is 24.3 Å². The van der Waals surface area contributed by atoms with E-state index in [1.54, 1.807) is 7.11 Å². The van der Waals surface area contributed by atoms with Crippen LogP contribution in [0.5, 0.6) is 5.75 Å². The van der Waals surface area contributed by atoms with Crippen molar-refractivity contribution >= 4 is 5.91 Å². The number of piperidine rings is 1. The summed E-state index contributed by atoms with van der Waals surface area (Å²) in [5.74, 6) is 1.79. The number of benzene rings is 1. The van der Waals surface area contributed by atoms with E-state index in [1.165, 1.54) is 5.56 Å². The molecule has 1 unspecified atom stereocenters. The molecule has 3 atom stereocenters. The van der Waals surface area contributed by atoms with Gasteiger partial charge in [0.25, 0.3) is 0 Å². The van der Waals surface area contributed by atoms with E-state index < -0.39 is 0 Å². The van der Waals surface area contributed by atoms with E-state index in [9.17, 15) is 4.79 Å². The number of carbonyl (C=O) groups excluding carboxylic acids is 1. The second-order valence-corrected chi connectivity index (χ2v) is 7.52. The van der Waals surface area contributed by atoms with Gasteiger partial charge in [-0.3, -0.25) is 9.69 Å². The number of rotatable bonds is 4. The molecule has 1 amide bonds. The van der Waals surface area contributed by atoms with Gasteiger partial charge in [0, 0.05) is 25.2 Å². The number of morpholine rings is 1. The molecule has 0 radical (unpaired) electrons. The first-order valence-electron chi connectivity index (χ1n) is 9.50. The molecular weight excluding hydrogens is 316 g/mol. The van der Waals surface area contributed by atoms with Crippen LogP contribution in [-0.2, 0) is 9.53 Å². The lowest BCUT2D eigenvalue weighted by molar-refractivity contribution is -0.138. The van der Waals surface area contributed by atoms with Gasteiger partial charge in [-0.1, -0.05) is 12.1 Å². The van der Waals surface area contributed by atoms with Crippen molar-refractivity contribution in [3.8, 4) is 5.75 Å². The zero-order chi connectivity index (χ0) is 17.2. The van der Waals surface area contributed by atoms with E-state index in [-0.39, 0.29) is 0 Å². The third-order valence-electron chi connectivity index (χ3n) is 6.07. The number of fused-ring (bicyclic) bond motifs is 2. The predicted molar refractivity (Wildman–Crippen MR) is 95.9 cm³/mol. The molecule has 4 rings (SSSR count). The van der Waals surface area contributed by atoms with E-state index in [0.29, 0.717) is 30.5 Å². The molecule has 0 aliphatic carbocycles. The minimum atomic E-state index is 0.322. The minimum Gasteiger partial charge on any atom is -0.497 e. The highest BCUT2D eigenvalue weighted by Gasteiger charge is 2.43. The Bertz CT molecular complexity index is 583. The highest BCUT2D eigenvalue weighted by Crippen LogP contribution is 2.43. The number of hydrogen-bond donors (Lipinski definition) is 0. The third kappa shape index (κ3) is 3.53. The molecule has 25 heavy (non-hydrogen) atoms. The Labute approximate surface area is 149 Å². The minimum absolute atomic E-state index is 0.322. The monoisotopic (exact) mass is 344 g/mol. The van der Waals surface area contributed by atoms with Crippen molar-refractivity contribution in [2.45, 2.75) is 43.7 Å². The van der Waals surface area contributed by atoms with Crippen molar-refractivity contribution in [2.24, 2.45) is 0 Å². The maximum atomic E-state index is 12.9. The zero-order valence-electron chi connectivity index (χ0n) is 15.0. The Morgan fingerprint density at radius 3 is 2.36 bits per heavy atom. The second kappa shape index (κ2) is 7.34. The van der Waals surface area contributed by atoms with Crippen molar-refractivity contribution in [2.75, 3.05) is 40.0 Å². The molecule has 136 valence electrons. The summed E-state index contributed by atoms with van der Waals surface area (Å²) in [6.45, 7) is 3.82. The lowest BCUT2D eigenvalue weighted by Gasteiger charge is -2.40. The Morgan fingerprint density at radius 1 is 1.12 bits per heavy atom. The molecule has 3 fully saturated rings. The van der Waals surface area contributed by atoms with Gasteiger partial charge in [0.1, 0.15) is 5.75 Å². The van der Waals surface area contributed by atoms with Crippen molar-refractivity contribution in [3.63, 3.8) is 0 Å². The zero-order valence-corrected chi connectivity index (χ0v) is 15.0. The van der Waals surface area contributed by atoms with Gasteiger partial charge in [-0.2, -0.15) is 0 Å². The highest BCUT2D eigenvalue weighted by molar-refractivity contribution is 5.79. The van der Waals surface area contributed by atoms with Crippen LogP contribution < -0.4 is 4.74 Å². The first kappa shape index (κ1) is 16.9. The van der Waals surface area contributed by atoms with Gasteiger partial charge >= 0.3 is 0 Å². The fraction of sp³-hybridized carbons (Fsp3) is 0.650. The van der Waals surface area contributed by atoms with Gasteiger partial charge < -0.3 is 14.4 Å². The summed E-state index contributed by atoms with van der Waals surface area (Å²) in [5, 5.41) is 0. The summed E-state index contributed by atoms with van der Waals surface area (Å²) in [6.07, 6.45) is 4.51. The average molecular weight is 344 g/mol. The quantitative estimate of drug-likeness (QED) is 0.840. The molecule has 3 aliphatic rings. The van der Waals surface area contributed by atoms with E-state index in [1.807, 2.05) is 12.1 Å². The maximum Gasteiger partial charge on any atom is 0.237 e. The highest BCUT2D eigenvalue weighted by atomic mass is 16.5. The molecule has 0 aromatic heterocycles. The van der Waals surface area contributed by atoms with Crippen LogP contribution in [0.2, 0.25) is 0 Å². The molecule has 0 saturated carbocycles. The molecule has 2 bridgehead atoms. The van der Waals surface area contributed by atoms with Crippen molar-refractivity contribution in [1.82, 2.24) is 9.80 Å². The van der Waals surface area contributed by atoms with Crippen LogP contribution in [0.25, 0.3) is 0 Å². The average Bonchev–Trinajstić information content (AvgIpc) is 2.92. The molecule has 1 aromatic rings. The normalized spacial score (nSPS) is 29.6. The Kier molecular flexibility index (Phi) is 4.95. The van der Waals surface area contributed by atoms with E-state index in [2.05, 4.69) is 21.9 Å². The van der Waals surface area contributed by atoms with Gasteiger partial charge in [-0.25, -0.2) is 0 Å². The number of ether oxygens (including phenoxy) is 2. The third-order valence-corrected chi connectivity index (χ3v) is 6.07. The Morgan fingerprint density at radius 2 is 1.76 bits per heavy atom. The van der Waals surface area contributed by atoms with Crippen LogP contribution in [0.3, 0.4) is 0 Å². The first-order chi connectivity index (χ1) is 12.2. The maximum absolute atomic E-state index is 12.9. The Balaban J connectivity index is 1.40. The van der Waals surface area contributed by atoms with Crippen LogP contribution >= 0.6 is 0 Å². The number of methoxy groups -OCH3 is 1. The lowest BCUT2D eigenvalue weighted by Crippen LogP contribution is -2.51. The van der Waals surface area contributed by atoms with E-state index in [4.69, 9.17) is 9.47 Å². The van der Waals surface area contributed by atoms with Gasteiger partial charge in [-0.05, 0) is 49.3 Å². The van der Waals surface area contributed by atoms with Crippen LogP contribution in [0.4, 0.5) is 0 Å². The van der Waals surface area contributed by atoms with Crippen molar-refractivity contribution in [3.05, 3.63) is 29.8 Å². The summed E-state index contributed by atoms with van der Waals surface area (Å²) in [4.78, 5) is 17.3. The van der Waals surface area contributed by atoms with Gasteiger partial charge in [0.15, 0.2) is 0 Å². The van der Waals surface area contributed by atoms with Gasteiger partial charge in [0.2, 0.25) is 5.91 Å². The smallest absolute Gasteiger partial charge is 0.237 e. The molecule has 5 nitrogen and oxygen atoms in total. The number of carbonyl (C=O) groups is 1. The van der Waals surface area contributed by atoms with Crippen LogP contribution in [0, 0.1) is 0 Å². The number of nitrogens with zero attached hydrogens (tertiary/aromatic N) is 2. The first-order valence-corrected chi connectivity index (χ1v) is 9.50. The summed E-state index contributed by atoms with van der Waals surface area (Å²) >= 11 is 0. The predicted octanol–water partition coefficient (Wildman–Crippen LogP) is 2.26. The molecule has 3 aliphatic heterocycles. The van der Waals surface area contributed by atoms with E-state index in [0.717, 1.165) is 57.7 Å². The fourth-order valence-corrected chi connectivity index (χ4v) is 4.76. The molecule has 3 heterocycles. The number of amides is 1. The van der Waals surface area contributed by atoms with Crippen molar-refractivity contribution in [1.29, 1.82) is 0 Å². The molecule has 0 N–H and O–H groups in total. The van der Waals surface area contributed by atoms with Gasteiger partial charge in [-0.15, -0.1) is 0 Å². The molecule has 0 spiro atoms. The SMILES string of the molecule is COc1ccc(C2C[C@H]3CC[C@@H](C2)N3C(=O)CN2CCOCC2)cc1. The van der Waals surface area contributed by atoms with Gasteiger partial charge in [0.05, 0.1) is 26.9 Å². The van der Waals surface area contributed by atoms with Crippen LogP contribution in [-0.4, -0.2) is 67.7 Å². The summed E-state index contributed by atoms with van der Waals surface area (Å²) in [7, 11) is 1.70. The molecule has 5 heteroatoms. The standard InChI is InChI=1S/C20H28N2O3/c1-24-19-6-2-15(3-7-19)16-12-17-4-5-18(13-16)22(17)20(23)14-21-8-10-25-11-9-21/h2-3,6-7,16-18H,4-5,8-14H2,1H3/t16?,17-,18+. The summed E-state index contributed by atoms with van der Waals surface area (Å²) in [5.41, 5.74) is 1.39. The lowest BCUT2D eigenvalue weighted by atomic mass is 9.85. The largest absolute Gasteiger partial charge is 0.497 e. The van der Waals surface area contributed by atoms with E-state index >= 15 is 0 Å². The fourth-order valence-electron chi connectivity index (χ4n) is 4.76. The molecule has 1 aromatic carbocycles. The summed E-state index contributed by atoms with van der Waals surface area (Å²) in [6, 6.07) is 9.31. The number of hydrogen-bond acceptors (Lipinski definition) is 4. The Hall–Kier alpha value is -1.59. The second-order valence-electron chi connectivity index (χ2n) is 7.52. The van der Waals surface area contributed by atoms with Crippen LogP contribution in [0.1, 0.15) is 37.2 Å². The topological polar surface area (TPSA) is 42.0 Å². The van der Waals surface area contributed by atoms with Crippen molar-refractivity contribution < 1.29 is 14.3 Å². The summed E-state index contributed by atoms with van der Waals surface area (Å²) < 4.78 is 10.7. The molecular formula is C20H28N2O3.